The summed E-state index contributed by atoms with van der Waals surface area (Å²) in [4.78, 5) is 23.6. The lowest BCUT2D eigenvalue weighted by Gasteiger charge is -2.33. The Hall–Kier alpha value is -2.86. The summed E-state index contributed by atoms with van der Waals surface area (Å²) in [6.07, 6.45) is 13.0. The van der Waals surface area contributed by atoms with Gasteiger partial charge in [-0.1, -0.05) is 30.4 Å². The Morgan fingerprint density at radius 1 is 1.13 bits per heavy atom. The van der Waals surface area contributed by atoms with Gasteiger partial charge in [0.15, 0.2) is 5.78 Å². The molecule has 162 valence electrons. The van der Waals surface area contributed by atoms with Gasteiger partial charge >= 0.3 is 5.97 Å². The van der Waals surface area contributed by atoms with Crippen molar-refractivity contribution in [2.45, 2.75) is 44.8 Å². The fourth-order valence-electron chi connectivity index (χ4n) is 3.03. The highest BCUT2D eigenvalue weighted by Crippen LogP contribution is 2.21. The van der Waals surface area contributed by atoms with E-state index in [0.29, 0.717) is 13.0 Å². The molecule has 6 heteroatoms. The van der Waals surface area contributed by atoms with Crippen LogP contribution >= 0.6 is 0 Å². The number of ketones is 1. The Morgan fingerprint density at radius 3 is 2.57 bits per heavy atom. The lowest BCUT2D eigenvalue weighted by molar-refractivity contribution is -0.140. The third-order valence-electron chi connectivity index (χ3n) is 4.84. The largest absolute Gasteiger partial charge is 0.497 e. The van der Waals surface area contributed by atoms with Crippen molar-refractivity contribution in [2.24, 2.45) is 0 Å². The topological polar surface area (TPSA) is 73.9 Å². The maximum absolute atomic E-state index is 12.3. The molecule has 0 amide bonds. The smallest absolute Gasteiger partial charge is 0.305 e. The first-order valence-electron chi connectivity index (χ1n) is 10.2. The van der Waals surface area contributed by atoms with Crippen LogP contribution in [0.5, 0.6) is 5.75 Å². The molecule has 0 bridgehead atoms. The fraction of sp³-hybridized carbons (Fsp3) is 0.417. The molecule has 0 aliphatic carbocycles. The Morgan fingerprint density at radius 2 is 1.90 bits per heavy atom. The van der Waals surface area contributed by atoms with E-state index >= 15 is 0 Å². The van der Waals surface area contributed by atoms with Gasteiger partial charge in [-0.3, -0.25) is 9.59 Å². The Balaban J connectivity index is 1.75. The third-order valence-corrected chi connectivity index (χ3v) is 4.84. The van der Waals surface area contributed by atoms with Crippen LogP contribution in [0.3, 0.4) is 0 Å². The van der Waals surface area contributed by atoms with E-state index in [9.17, 15) is 9.59 Å². The number of carbonyl (C=O) groups excluding carboxylic acids is 2. The van der Waals surface area contributed by atoms with Crippen molar-refractivity contribution in [3.8, 4) is 5.75 Å². The van der Waals surface area contributed by atoms with E-state index in [2.05, 4.69) is 22.2 Å². The van der Waals surface area contributed by atoms with E-state index in [-0.39, 0.29) is 18.2 Å². The van der Waals surface area contributed by atoms with Gasteiger partial charge in [-0.05, 0) is 62.5 Å². The Kier molecular flexibility index (Phi) is 9.35. The average molecular weight is 414 g/mol. The highest BCUT2D eigenvalue weighted by Gasteiger charge is 2.35. The number of hydrogen-bond acceptors (Lipinski definition) is 6. The second-order valence-corrected chi connectivity index (χ2v) is 7.06. The van der Waals surface area contributed by atoms with Gasteiger partial charge in [-0.2, -0.15) is 0 Å². The van der Waals surface area contributed by atoms with Crippen LogP contribution in [-0.2, 0) is 19.1 Å². The van der Waals surface area contributed by atoms with Gasteiger partial charge in [-0.25, -0.2) is 0 Å². The molecule has 2 rings (SSSR count). The number of allylic oxidation sites excluding steroid dienone is 4. The minimum Gasteiger partial charge on any atom is -0.497 e. The van der Waals surface area contributed by atoms with E-state index < -0.39 is 5.72 Å². The first kappa shape index (κ1) is 23.4. The molecule has 0 saturated heterocycles. The van der Waals surface area contributed by atoms with Crippen molar-refractivity contribution in [1.29, 1.82) is 0 Å². The van der Waals surface area contributed by atoms with E-state index in [4.69, 9.17) is 9.47 Å². The molecule has 0 aromatic heterocycles. The SMILES string of the molecule is COC(=O)CCC1=CC=CC(OCCCC/C=C/c2ccc(OC)cc2)(C(C)=O)N1. The summed E-state index contributed by atoms with van der Waals surface area (Å²) in [7, 11) is 3.02. The summed E-state index contributed by atoms with van der Waals surface area (Å²) >= 11 is 0. The third kappa shape index (κ3) is 7.19. The van der Waals surface area contributed by atoms with Crippen LogP contribution < -0.4 is 10.1 Å². The molecule has 0 spiro atoms. The zero-order chi connectivity index (χ0) is 21.8. The summed E-state index contributed by atoms with van der Waals surface area (Å²) in [5.74, 6) is 0.434. The van der Waals surface area contributed by atoms with Gasteiger partial charge < -0.3 is 19.5 Å². The van der Waals surface area contributed by atoms with E-state index in [1.807, 2.05) is 30.3 Å². The number of Topliss-reactive ketones (excluding diaryl/α,β-unsaturated/α-hetero) is 1. The van der Waals surface area contributed by atoms with Crippen LogP contribution in [0.25, 0.3) is 6.08 Å². The van der Waals surface area contributed by atoms with E-state index in [1.54, 1.807) is 19.3 Å². The second-order valence-electron chi connectivity index (χ2n) is 7.06. The molecule has 1 atom stereocenters. The van der Waals surface area contributed by atoms with Crippen LogP contribution in [0.2, 0.25) is 0 Å². The van der Waals surface area contributed by atoms with Crippen molar-refractivity contribution in [1.82, 2.24) is 5.32 Å². The molecular weight excluding hydrogens is 382 g/mol. The molecular formula is C24H31NO5. The molecule has 6 nitrogen and oxygen atoms in total. The summed E-state index contributed by atoms with van der Waals surface area (Å²) < 4.78 is 15.8. The molecule has 1 N–H and O–H groups in total. The van der Waals surface area contributed by atoms with Gasteiger partial charge in [0.05, 0.1) is 27.2 Å². The van der Waals surface area contributed by atoms with E-state index in [0.717, 1.165) is 36.3 Å². The van der Waals surface area contributed by atoms with Gasteiger partial charge in [0, 0.05) is 5.70 Å². The number of carbonyl (C=O) groups is 2. The average Bonchev–Trinajstić information content (AvgIpc) is 2.77. The second kappa shape index (κ2) is 12.0. The predicted molar refractivity (Wildman–Crippen MR) is 117 cm³/mol. The quantitative estimate of drug-likeness (QED) is 0.409. The standard InChI is InChI=1S/C24H31NO5/c1-19(26)24(17-8-10-21(25-24)13-16-23(27)29-3)30-18-7-5-4-6-9-20-11-14-22(28-2)15-12-20/h6,8-12,14-15,17,25H,4-5,7,13,16,18H2,1-3H3/b9-6+. The molecule has 1 aliphatic heterocycles. The number of rotatable bonds is 12. The first-order chi connectivity index (χ1) is 14.5. The monoisotopic (exact) mass is 413 g/mol. The molecule has 0 fully saturated rings. The Bertz CT molecular complexity index is 794. The number of unbranched alkanes of at least 4 members (excludes halogenated alkanes) is 2. The fourth-order valence-corrected chi connectivity index (χ4v) is 3.03. The summed E-state index contributed by atoms with van der Waals surface area (Å²) in [5.41, 5.74) is 0.741. The van der Waals surface area contributed by atoms with Crippen LogP contribution in [0, 0.1) is 0 Å². The van der Waals surface area contributed by atoms with Crippen LogP contribution in [0.15, 0.2) is 54.3 Å². The lowest BCUT2D eigenvalue weighted by Crippen LogP contribution is -2.52. The van der Waals surface area contributed by atoms with Crippen molar-refractivity contribution in [3.63, 3.8) is 0 Å². The lowest BCUT2D eigenvalue weighted by atomic mass is 10.0. The van der Waals surface area contributed by atoms with Crippen LogP contribution in [0.4, 0.5) is 0 Å². The number of methoxy groups -OCH3 is 2. The molecule has 1 unspecified atom stereocenters. The number of esters is 1. The molecule has 0 saturated carbocycles. The normalized spacial score (nSPS) is 18.0. The van der Waals surface area contributed by atoms with Crippen LogP contribution in [-0.4, -0.2) is 38.3 Å². The number of ether oxygens (including phenoxy) is 3. The molecule has 1 aromatic rings. The number of hydrogen-bond donors (Lipinski definition) is 1. The van der Waals surface area contributed by atoms with Crippen molar-refractivity contribution < 1.29 is 23.8 Å². The summed E-state index contributed by atoms with van der Waals surface area (Å²) in [6, 6.07) is 7.91. The van der Waals surface area contributed by atoms with E-state index in [1.165, 1.54) is 14.0 Å². The zero-order valence-corrected chi connectivity index (χ0v) is 18.0. The maximum Gasteiger partial charge on any atom is 0.305 e. The Labute approximate surface area is 178 Å². The number of benzene rings is 1. The molecule has 1 aliphatic rings. The van der Waals surface area contributed by atoms with Gasteiger partial charge in [-0.15, -0.1) is 0 Å². The molecule has 0 radical (unpaired) electrons. The zero-order valence-electron chi connectivity index (χ0n) is 18.0. The number of nitrogens with one attached hydrogen (secondary N) is 1. The summed E-state index contributed by atoms with van der Waals surface area (Å²) in [6.45, 7) is 1.95. The van der Waals surface area contributed by atoms with Crippen molar-refractivity contribution in [3.05, 3.63) is 59.8 Å². The summed E-state index contributed by atoms with van der Waals surface area (Å²) in [5, 5.41) is 3.15. The maximum atomic E-state index is 12.3. The minimum atomic E-state index is -1.17. The highest BCUT2D eigenvalue weighted by molar-refractivity contribution is 5.87. The van der Waals surface area contributed by atoms with Gasteiger partial charge in [0.2, 0.25) is 5.72 Å². The molecule has 1 heterocycles. The van der Waals surface area contributed by atoms with Gasteiger partial charge in [0.1, 0.15) is 5.75 Å². The number of dihydropyridines is 1. The molecule has 1 aromatic carbocycles. The first-order valence-corrected chi connectivity index (χ1v) is 10.2. The minimum absolute atomic E-state index is 0.123. The van der Waals surface area contributed by atoms with Crippen molar-refractivity contribution >= 4 is 17.8 Å². The highest BCUT2D eigenvalue weighted by atomic mass is 16.5. The van der Waals surface area contributed by atoms with Crippen LogP contribution in [0.1, 0.15) is 44.6 Å². The van der Waals surface area contributed by atoms with Gasteiger partial charge in [0.25, 0.3) is 0 Å². The molecule has 30 heavy (non-hydrogen) atoms. The predicted octanol–water partition coefficient (Wildman–Crippen LogP) is 4.18. The van der Waals surface area contributed by atoms with Crippen molar-refractivity contribution in [2.75, 3.05) is 20.8 Å².